The molecule has 100 valence electrons. The van der Waals surface area contributed by atoms with Gasteiger partial charge in [0, 0.05) is 11.6 Å². The van der Waals surface area contributed by atoms with Crippen molar-refractivity contribution in [3.63, 3.8) is 0 Å². The first kappa shape index (κ1) is 13.1. The van der Waals surface area contributed by atoms with E-state index in [-0.39, 0.29) is 5.54 Å². The third-order valence-corrected chi connectivity index (χ3v) is 4.82. The Morgan fingerprint density at radius 3 is 2.41 bits per heavy atom. The van der Waals surface area contributed by atoms with Gasteiger partial charge in [0.15, 0.2) is 0 Å². The Morgan fingerprint density at radius 2 is 1.94 bits per heavy atom. The van der Waals surface area contributed by atoms with Crippen LogP contribution in [0.2, 0.25) is 0 Å². The highest BCUT2D eigenvalue weighted by atomic mass is 32.2. The van der Waals surface area contributed by atoms with Gasteiger partial charge in [-0.2, -0.15) is 13.2 Å². The van der Waals surface area contributed by atoms with Crippen molar-refractivity contribution < 1.29 is 21.6 Å². The lowest BCUT2D eigenvalue weighted by atomic mass is 9.70. The molecule has 4 nitrogen and oxygen atoms in total. The Bertz CT molecular complexity index is 390. The van der Waals surface area contributed by atoms with Gasteiger partial charge >= 0.3 is 15.5 Å². The molecule has 0 bridgehead atoms. The highest BCUT2D eigenvalue weighted by Crippen LogP contribution is 2.38. The number of alkyl halides is 3. The van der Waals surface area contributed by atoms with Crippen molar-refractivity contribution in [1.82, 2.24) is 10.0 Å². The summed E-state index contributed by atoms with van der Waals surface area (Å²) in [4.78, 5) is 0. The van der Waals surface area contributed by atoms with Crippen molar-refractivity contribution in [1.29, 1.82) is 0 Å². The van der Waals surface area contributed by atoms with Gasteiger partial charge in [0.1, 0.15) is 0 Å². The zero-order valence-electron chi connectivity index (χ0n) is 9.18. The quantitative estimate of drug-likeness (QED) is 0.791. The molecule has 0 aromatic heterocycles. The molecule has 0 aromatic carbocycles. The molecular weight excluding hydrogens is 257 g/mol. The fourth-order valence-electron chi connectivity index (χ4n) is 2.53. The molecule has 2 rings (SSSR count). The third-order valence-electron chi connectivity index (χ3n) is 3.57. The first-order chi connectivity index (χ1) is 7.74. The predicted octanol–water partition coefficient (Wildman–Crippen LogP) is 1.10. The van der Waals surface area contributed by atoms with Gasteiger partial charge < -0.3 is 5.32 Å². The molecule has 0 radical (unpaired) electrons. The Kier molecular flexibility index (Phi) is 3.16. The van der Waals surface area contributed by atoms with Gasteiger partial charge in [-0.25, -0.2) is 13.1 Å². The highest BCUT2D eigenvalue weighted by Gasteiger charge is 2.49. The van der Waals surface area contributed by atoms with Crippen molar-refractivity contribution >= 4 is 10.0 Å². The van der Waals surface area contributed by atoms with Crippen LogP contribution in [0, 0.1) is 0 Å². The van der Waals surface area contributed by atoms with Gasteiger partial charge in [-0.05, 0) is 38.6 Å². The summed E-state index contributed by atoms with van der Waals surface area (Å²) in [6.07, 6.45) is 3.72. The molecule has 1 atom stereocenters. The van der Waals surface area contributed by atoms with Crippen LogP contribution < -0.4 is 10.0 Å². The Hall–Kier alpha value is -0.340. The van der Waals surface area contributed by atoms with Crippen molar-refractivity contribution in [3.05, 3.63) is 0 Å². The van der Waals surface area contributed by atoms with Crippen LogP contribution >= 0.6 is 0 Å². The molecule has 1 saturated heterocycles. The Labute approximate surface area is 98.0 Å². The molecule has 0 amide bonds. The Morgan fingerprint density at radius 1 is 1.29 bits per heavy atom. The topological polar surface area (TPSA) is 58.2 Å². The van der Waals surface area contributed by atoms with Gasteiger partial charge in [0.05, 0.1) is 0 Å². The molecule has 2 aliphatic rings. The lowest BCUT2D eigenvalue weighted by Gasteiger charge is -2.48. The van der Waals surface area contributed by atoms with E-state index >= 15 is 0 Å². The second-order valence-corrected chi connectivity index (χ2v) is 6.52. The van der Waals surface area contributed by atoms with E-state index < -0.39 is 21.6 Å². The predicted molar refractivity (Wildman–Crippen MR) is 55.7 cm³/mol. The molecule has 17 heavy (non-hydrogen) atoms. The van der Waals surface area contributed by atoms with Crippen LogP contribution in [0.1, 0.15) is 32.1 Å². The average Bonchev–Trinajstić information content (AvgIpc) is 2.13. The number of sulfonamides is 1. The maximum atomic E-state index is 12.2. The highest BCUT2D eigenvalue weighted by molar-refractivity contribution is 7.90. The molecule has 1 spiro atoms. The van der Waals surface area contributed by atoms with Crippen LogP contribution in [0.25, 0.3) is 0 Å². The summed E-state index contributed by atoms with van der Waals surface area (Å²) in [5.74, 6) is 0. The zero-order valence-corrected chi connectivity index (χ0v) is 10.00. The van der Waals surface area contributed by atoms with Crippen molar-refractivity contribution in [2.75, 3.05) is 6.54 Å². The first-order valence-electron chi connectivity index (χ1n) is 5.58. The van der Waals surface area contributed by atoms with Crippen LogP contribution in [-0.4, -0.2) is 32.1 Å². The van der Waals surface area contributed by atoms with E-state index in [2.05, 4.69) is 5.32 Å². The molecule has 1 aliphatic heterocycles. The summed E-state index contributed by atoms with van der Waals surface area (Å²) in [5.41, 5.74) is -5.35. The van der Waals surface area contributed by atoms with Gasteiger partial charge in [-0.1, -0.05) is 0 Å². The van der Waals surface area contributed by atoms with Crippen LogP contribution in [0.3, 0.4) is 0 Å². The van der Waals surface area contributed by atoms with Crippen molar-refractivity contribution in [3.8, 4) is 0 Å². The lowest BCUT2D eigenvalue weighted by Crippen LogP contribution is -2.60. The van der Waals surface area contributed by atoms with Crippen LogP contribution in [0.5, 0.6) is 0 Å². The second kappa shape index (κ2) is 4.10. The fourth-order valence-corrected chi connectivity index (χ4v) is 3.30. The maximum Gasteiger partial charge on any atom is 0.511 e. The molecule has 1 aliphatic carbocycles. The third kappa shape index (κ3) is 2.58. The largest absolute Gasteiger partial charge is 0.511 e. The molecule has 1 unspecified atom stereocenters. The van der Waals surface area contributed by atoms with Crippen LogP contribution in [-0.2, 0) is 10.0 Å². The van der Waals surface area contributed by atoms with Gasteiger partial charge in [-0.15, -0.1) is 0 Å². The smallest absolute Gasteiger partial charge is 0.311 e. The van der Waals surface area contributed by atoms with Crippen LogP contribution in [0.4, 0.5) is 13.2 Å². The van der Waals surface area contributed by atoms with E-state index in [4.69, 9.17) is 0 Å². The maximum absolute atomic E-state index is 12.2. The van der Waals surface area contributed by atoms with E-state index in [0.29, 0.717) is 19.4 Å². The minimum Gasteiger partial charge on any atom is -0.311 e. The molecule has 1 heterocycles. The summed E-state index contributed by atoms with van der Waals surface area (Å²) >= 11 is 0. The van der Waals surface area contributed by atoms with Crippen molar-refractivity contribution in [2.45, 2.75) is 49.2 Å². The lowest BCUT2D eigenvalue weighted by molar-refractivity contribution is -0.0454. The molecule has 0 aromatic rings. The molecular formula is C9H15F3N2O2S. The monoisotopic (exact) mass is 272 g/mol. The van der Waals surface area contributed by atoms with E-state index in [9.17, 15) is 21.6 Å². The minimum atomic E-state index is -5.22. The van der Waals surface area contributed by atoms with Gasteiger partial charge in [-0.3, -0.25) is 0 Å². The summed E-state index contributed by atoms with van der Waals surface area (Å²) in [6, 6.07) is -0.608. The second-order valence-electron chi connectivity index (χ2n) is 4.82. The number of rotatable bonds is 2. The number of piperidine rings is 1. The number of hydrogen-bond acceptors (Lipinski definition) is 3. The SMILES string of the molecule is O=S(=O)(NC1CCNC2(CCC2)C1)C(F)(F)F. The standard InChI is InChI=1S/C9H15F3N2O2S/c10-9(11,12)17(15,16)14-7-2-5-13-8(6-7)3-1-4-8/h7,13-14H,1-6H2. The Balaban J connectivity index is 2.00. The first-order valence-corrected chi connectivity index (χ1v) is 7.06. The van der Waals surface area contributed by atoms with Gasteiger partial charge in [0.25, 0.3) is 0 Å². The molecule has 2 N–H and O–H groups in total. The fraction of sp³-hybridized carbons (Fsp3) is 1.00. The molecule has 8 heteroatoms. The number of nitrogens with one attached hydrogen (secondary N) is 2. The normalized spacial score (nSPS) is 29.0. The number of hydrogen-bond donors (Lipinski definition) is 2. The van der Waals surface area contributed by atoms with E-state index in [1.807, 2.05) is 0 Å². The molecule has 1 saturated carbocycles. The zero-order chi connectivity index (χ0) is 12.7. The summed E-state index contributed by atoms with van der Waals surface area (Å²) in [5, 5.41) is 3.27. The van der Waals surface area contributed by atoms with Gasteiger partial charge in [0.2, 0.25) is 0 Å². The van der Waals surface area contributed by atoms with Crippen LogP contribution in [0.15, 0.2) is 0 Å². The van der Waals surface area contributed by atoms with Crippen molar-refractivity contribution in [2.24, 2.45) is 0 Å². The van der Waals surface area contributed by atoms with E-state index in [1.165, 1.54) is 0 Å². The molecule has 2 fully saturated rings. The summed E-state index contributed by atoms with van der Waals surface area (Å²) < 4.78 is 60.4. The van der Waals surface area contributed by atoms with E-state index in [1.54, 1.807) is 4.72 Å². The summed E-state index contributed by atoms with van der Waals surface area (Å²) in [7, 11) is -5.21. The average molecular weight is 272 g/mol. The van der Waals surface area contributed by atoms with E-state index in [0.717, 1.165) is 19.3 Å². The number of halogens is 3. The minimum absolute atomic E-state index is 0.128. The summed E-state index contributed by atoms with van der Waals surface area (Å²) in [6.45, 7) is 0.561.